The molecule has 0 aliphatic heterocycles. The molecule has 1 aromatic carbocycles. The maximum absolute atomic E-state index is 13.7. The van der Waals surface area contributed by atoms with Gasteiger partial charge in [-0.3, -0.25) is 9.59 Å². The first kappa shape index (κ1) is 24.1. The van der Waals surface area contributed by atoms with Gasteiger partial charge in [0.25, 0.3) is 5.22 Å². The molecule has 2 aromatic rings. The number of carbonyl (C=O) groups excluding carboxylic acids is 2. The Morgan fingerprint density at radius 3 is 2.83 bits per heavy atom. The van der Waals surface area contributed by atoms with Crippen molar-refractivity contribution in [2.75, 3.05) is 5.75 Å². The van der Waals surface area contributed by atoms with Gasteiger partial charge in [0.1, 0.15) is 11.1 Å². The Balaban J connectivity index is 1.28. The van der Waals surface area contributed by atoms with Gasteiger partial charge in [0.05, 0.1) is 11.9 Å². The zero-order valence-electron chi connectivity index (χ0n) is 20.9. The first-order valence-electron chi connectivity index (χ1n) is 12.9. The lowest BCUT2D eigenvalue weighted by molar-refractivity contribution is -0.179. The molecular weight excluding hydrogens is 474 g/mol. The number of rotatable bonds is 4. The minimum absolute atomic E-state index is 0.0157. The maximum Gasteiger partial charge on any atom is 0.257 e. The third kappa shape index (κ3) is 3.21. The van der Waals surface area contributed by atoms with Gasteiger partial charge in [0.2, 0.25) is 0 Å². The molecule has 190 valence electrons. The number of aromatic nitrogens is 1. The van der Waals surface area contributed by atoms with Crippen LogP contribution >= 0.6 is 11.8 Å². The molecule has 4 aliphatic rings. The average molecular weight is 508 g/mol. The van der Waals surface area contributed by atoms with E-state index in [1.807, 2.05) is 44.2 Å². The highest BCUT2D eigenvalue weighted by molar-refractivity contribution is 7.99. The fourth-order valence-electron chi connectivity index (χ4n) is 8.40. The molecule has 6 unspecified atom stereocenters. The van der Waals surface area contributed by atoms with Crippen molar-refractivity contribution >= 4 is 34.4 Å². The normalized spacial score (nSPS) is 41.5. The first-order chi connectivity index (χ1) is 17.1. The molecule has 0 saturated heterocycles. The van der Waals surface area contributed by atoms with Crippen LogP contribution in [0.3, 0.4) is 0 Å². The summed E-state index contributed by atoms with van der Waals surface area (Å²) in [6.07, 6.45) is 7.48. The third-order valence-corrected chi connectivity index (χ3v) is 10.9. The fraction of sp³-hybridized carbons (Fsp3) is 0.552. The van der Waals surface area contributed by atoms with Crippen LogP contribution in [-0.2, 0) is 9.59 Å². The lowest BCUT2D eigenvalue weighted by Crippen LogP contribution is -2.62. The Labute approximate surface area is 215 Å². The summed E-state index contributed by atoms with van der Waals surface area (Å²) >= 11 is 1.22. The predicted molar refractivity (Wildman–Crippen MR) is 137 cm³/mol. The van der Waals surface area contributed by atoms with Gasteiger partial charge >= 0.3 is 0 Å². The quantitative estimate of drug-likeness (QED) is 0.576. The lowest BCUT2D eigenvalue weighted by atomic mass is 9.46. The van der Waals surface area contributed by atoms with Crippen LogP contribution in [0, 0.1) is 34.5 Å². The van der Waals surface area contributed by atoms with Gasteiger partial charge in [0.15, 0.2) is 17.1 Å². The van der Waals surface area contributed by atoms with E-state index < -0.39 is 17.1 Å². The summed E-state index contributed by atoms with van der Waals surface area (Å²) in [4.78, 5) is 30.2. The van der Waals surface area contributed by atoms with Crippen LogP contribution in [0.15, 0.2) is 57.7 Å². The van der Waals surface area contributed by atoms with E-state index in [0.29, 0.717) is 17.2 Å². The van der Waals surface area contributed by atoms with Gasteiger partial charge in [-0.2, -0.15) is 0 Å². The first-order valence-corrected chi connectivity index (χ1v) is 13.9. The Bertz CT molecular complexity index is 1280. The van der Waals surface area contributed by atoms with Crippen molar-refractivity contribution in [2.24, 2.45) is 34.5 Å². The van der Waals surface area contributed by atoms with Crippen LogP contribution in [0.4, 0.5) is 0 Å². The Morgan fingerprint density at radius 2 is 2.06 bits per heavy atom. The fourth-order valence-corrected chi connectivity index (χ4v) is 9.19. The van der Waals surface area contributed by atoms with Crippen molar-refractivity contribution in [2.45, 2.75) is 63.4 Å². The number of aliphatic hydroxyl groups is 2. The minimum atomic E-state index is -1.53. The molecule has 2 N–H and O–H groups in total. The second kappa shape index (κ2) is 8.14. The predicted octanol–water partition coefficient (Wildman–Crippen LogP) is 4.74. The monoisotopic (exact) mass is 507 g/mol. The highest BCUT2D eigenvalue weighted by Gasteiger charge is 2.70. The number of thioether (sulfide) groups is 1. The summed E-state index contributed by atoms with van der Waals surface area (Å²) in [5, 5.41) is 24.1. The van der Waals surface area contributed by atoms with Gasteiger partial charge < -0.3 is 14.6 Å². The lowest BCUT2D eigenvalue weighted by Gasteiger charge is -2.59. The molecule has 0 spiro atoms. The van der Waals surface area contributed by atoms with E-state index in [2.05, 4.69) is 11.9 Å². The number of fused-ring (bicyclic) bond motifs is 6. The maximum atomic E-state index is 13.7. The number of aliphatic hydroxyl groups excluding tert-OH is 1. The molecule has 3 fully saturated rings. The van der Waals surface area contributed by atoms with E-state index in [9.17, 15) is 19.8 Å². The van der Waals surface area contributed by atoms with Crippen LogP contribution in [0.2, 0.25) is 0 Å². The van der Waals surface area contributed by atoms with Crippen molar-refractivity contribution in [3.8, 4) is 0 Å². The van der Waals surface area contributed by atoms with Crippen LogP contribution in [0.25, 0.3) is 11.1 Å². The molecule has 8 atom stereocenters. The Hall–Kier alpha value is -2.22. The molecule has 0 radical (unpaired) electrons. The van der Waals surface area contributed by atoms with E-state index >= 15 is 0 Å². The Kier molecular flexibility index (Phi) is 5.46. The van der Waals surface area contributed by atoms with Gasteiger partial charge in [-0.05, 0) is 67.7 Å². The second-order valence-corrected chi connectivity index (χ2v) is 12.7. The van der Waals surface area contributed by atoms with Crippen molar-refractivity contribution < 1.29 is 24.2 Å². The van der Waals surface area contributed by atoms with E-state index in [-0.39, 0.29) is 46.4 Å². The zero-order valence-corrected chi connectivity index (χ0v) is 21.8. The molecule has 6 nitrogen and oxygen atoms in total. The summed E-state index contributed by atoms with van der Waals surface area (Å²) in [5.41, 5.74) is -0.103. The highest BCUT2D eigenvalue weighted by Crippen LogP contribution is 2.68. The molecule has 36 heavy (non-hydrogen) atoms. The highest BCUT2D eigenvalue weighted by atomic mass is 32.2. The standard InChI is InChI=1S/C29H33NO5S/c1-16-12-20-19-9-8-17-13-18(31)10-11-27(17,2)25(19)22(32)14-28(20,3)29(16,34)24(33)15-36-26-30-21-6-4-5-7-23(21)35-26/h4-7,10-11,13,16,19-20,22,25,32,34H,8-9,12,14-15H2,1-3H3/t16-,19?,20?,22?,25?,27?,28?,29+/m1/s1. The molecule has 0 bridgehead atoms. The molecular formula is C29H33NO5S. The van der Waals surface area contributed by atoms with Gasteiger partial charge in [-0.15, -0.1) is 0 Å². The zero-order chi connectivity index (χ0) is 25.5. The number of benzene rings is 1. The topological polar surface area (TPSA) is 101 Å². The second-order valence-electron chi connectivity index (χ2n) is 11.8. The molecule has 3 saturated carbocycles. The van der Waals surface area contributed by atoms with Crippen molar-refractivity contribution in [3.63, 3.8) is 0 Å². The molecule has 0 amide bonds. The van der Waals surface area contributed by atoms with Crippen LogP contribution in [0.5, 0.6) is 0 Å². The molecule has 1 aromatic heterocycles. The number of nitrogens with zero attached hydrogens (tertiary/aromatic N) is 1. The summed E-state index contributed by atoms with van der Waals surface area (Å²) in [6, 6.07) is 7.48. The van der Waals surface area contributed by atoms with Gasteiger partial charge in [-0.1, -0.05) is 56.3 Å². The summed E-state index contributed by atoms with van der Waals surface area (Å²) in [7, 11) is 0. The van der Waals surface area contributed by atoms with Crippen LogP contribution < -0.4 is 0 Å². The number of Topliss-reactive ketones (excluding diaryl/α,β-unsaturated/α-hetero) is 1. The summed E-state index contributed by atoms with van der Waals surface area (Å²) in [5.74, 6) is -0.0932. The number of hydrogen-bond acceptors (Lipinski definition) is 7. The summed E-state index contributed by atoms with van der Waals surface area (Å²) < 4.78 is 5.77. The molecule has 1 heterocycles. The minimum Gasteiger partial charge on any atom is -0.431 e. The number of oxazole rings is 1. The molecule has 6 rings (SSSR count). The smallest absolute Gasteiger partial charge is 0.257 e. The van der Waals surface area contributed by atoms with Crippen molar-refractivity contribution in [3.05, 3.63) is 48.1 Å². The van der Waals surface area contributed by atoms with Gasteiger partial charge in [-0.25, -0.2) is 4.98 Å². The number of carbonyl (C=O) groups is 2. The number of allylic oxidation sites excluding steroid dienone is 4. The van der Waals surface area contributed by atoms with Crippen molar-refractivity contribution in [1.29, 1.82) is 0 Å². The van der Waals surface area contributed by atoms with E-state index in [4.69, 9.17) is 4.42 Å². The number of ketones is 2. The largest absolute Gasteiger partial charge is 0.431 e. The third-order valence-electron chi connectivity index (χ3n) is 10.1. The van der Waals surface area contributed by atoms with Crippen LogP contribution in [-0.4, -0.2) is 44.2 Å². The van der Waals surface area contributed by atoms with Gasteiger partial charge in [0, 0.05) is 16.7 Å². The van der Waals surface area contributed by atoms with Crippen LogP contribution in [0.1, 0.15) is 46.5 Å². The number of para-hydroxylation sites is 2. The van der Waals surface area contributed by atoms with E-state index in [1.54, 1.807) is 12.2 Å². The average Bonchev–Trinajstić information content (AvgIpc) is 3.35. The SMILES string of the molecule is C[C@@H]1CC2C3CCC4=CC(=O)C=CC4(C)C3C(O)CC2(C)[C@@]1(O)C(=O)CSc1nc2ccccc2o1. The molecule has 7 heteroatoms. The van der Waals surface area contributed by atoms with E-state index in [1.165, 1.54) is 11.8 Å². The Morgan fingerprint density at radius 1 is 1.28 bits per heavy atom. The molecule has 4 aliphatic carbocycles. The van der Waals surface area contributed by atoms with Crippen molar-refractivity contribution in [1.82, 2.24) is 4.98 Å². The summed E-state index contributed by atoms with van der Waals surface area (Å²) in [6.45, 7) is 6.12. The number of hydrogen-bond donors (Lipinski definition) is 2. The van der Waals surface area contributed by atoms with E-state index in [0.717, 1.165) is 30.4 Å².